The minimum atomic E-state index is 0.350. The molecule has 0 amide bonds. The Balaban J connectivity index is 1.20. The number of likely N-dealkylation sites (tertiary alicyclic amines) is 1. The monoisotopic (exact) mass is 354 g/mol. The Hall–Kier alpha value is -1.52. The van der Waals surface area contributed by atoms with E-state index in [1.54, 1.807) is 0 Å². The molecule has 2 aliphatic heterocycles. The van der Waals surface area contributed by atoms with E-state index in [2.05, 4.69) is 39.9 Å². The van der Waals surface area contributed by atoms with Crippen LogP contribution in [0.4, 0.5) is 0 Å². The summed E-state index contributed by atoms with van der Waals surface area (Å²) in [6, 6.07) is 8.77. The number of hydrogen-bond donors (Lipinski definition) is 0. The zero-order valence-electron chi connectivity index (χ0n) is 15.6. The van der Waals surface area contributed by atoms with Gasteiger partial charge in [0, 0.05) is 44.4 Å². The minimum absolute atomic E-state index is 0.350. The van der Waals surface area contributed by atoms with Crippen LogP contribution in [0.25, 0.3) is 10.9 Å². The highest BCUT2D eigenvalue weighted by Gasteiger charge is 2.25. The third kappa shape index (κ3) is 3.63. The molecule has 1 saturated carbocycles. The molecule has 3 fully saturated rings. The number of hydrogen-bond acceptors (Lipinski definition) is 3. The molecule has 26 heavy (non-hydrogen) atoms. The van der Waals surface area contributed by atoms with E-state index < -0.39 is 0 Å². The highest BCUT2D eigenvalue weighted by Crippen LogP contribution is 2.34. The van der Waals surface area contributed by atoms with Gasteiger partial charge in [-0.3, -0.25) is 0 Å². The van der Waals surface area contributed by atoms with Crippen LogP contribution in [0.3, 0.4) is 0 Å². The van der Waals surface area contributed by atoms with E-state index >= 15 is 0 Å². The van der Waals surface area contributed by atoms with Crippen molar-refractivity contribution in [3.63, 3.8) is 0 Å². The summed E-state index contributed by atoms with van der Waals surface area (Å²) >= 11 is 0. The normalized spacial score (nSPS) is 25.2. The Labute approximate surface area is 156 Å². The zero-order chi connectivity index (χ0) is 17.3. The van der Waals surface area contributed by atoms with Crippen molar-refractivity contribution < 1.29 is 9.47 Å². The molecule has 0 N–H and O–H groups in total. The van der Waals surface area contributed by atoms with Gasteiger partial charge in [0.1, 0.15) is 11.9 Å². The van der Waals surface area contributed by atoms with Crippen LogP contribution in [0.15, 0.2) is 30.5 Å². The molecule has 2 aromatic rings. The zero-order valence-corrected chi connectivity index (χ0v) is 15.6. The van der Waals surface area contributed by atoms with Crippen molar-refractivity contribution in [2.45, 2.75) is 44.8 Å². The molecule has 3 heterocycles. The van der Waals surface area contributed by atoms with Crippen LogP contribution in [-0.2, 0) is 11.3 Å². The summed E-state index contributed by atoms with van der Waals surface area (Å²) in [5.41, 5.74) is 1.33. The van der Waals surface area contributed by atoms with Gasteiger partial charge in [-0.05, 0) is 62.1 Å². The van der Waals surface area contributed by atoms with Gasteiger partial charge < -0.3 is 18.9 Å². The van der Waals surface area contributed by atoms with Crippen molar-refractivity contribution in [3.05, 3.63) is 30.5 Å². The Bertz CT molecular complexity index is 738. The lowest BCUT2D eigenvalue weighted by Crippen LogP contribution is -2.40. The number of aromatic nitrogens is 1. The molecule has 5 rings (SSSR count). The molecule has 2 saturated heterocycles. The third-order valence-corrected chi connectivity index (χ3v) is 6.29. The molecular weight excluding hydrogens is 324 g/mol. The summed E-state index contributed by atoms with van der Waals surface area (Å²) in [5.74, 6) is 2.71. The van der Waals surface area contributed by atoms with E-state index in [-0.39, 0.29) is 0 Å². The SMILES string of the molecule is c1cc(OC2CCN(CC3CCOC3)CC2)c2ccn(CC3CC3)c2c1. The minimum Gasteiger partial charge on any atom is -0.490 e. The van der Waals surface area contributed by atoms with Crippen LogP contribution in [-0.4, -0.2) is 48.4 Å². The van der Waals surface area contributed by atoms with Gasteiger partial charge in [-0.25, -0.2) is 0 Å². The topological polar surface area (TPSA) is 26.6 Å². The van der Waals surface area contributed by atoms with E-state index in [4.69, 9.17) is 9.47 Å². The first-order chi connectivity index (χ1) is 12.8. The molecule has 3 aliphatic rings. The maximum Gasteiger partial charge on any atom is 0.129 e. The van der Waals surface area contributed by atoms with Crippen molar-refractivity contribution in [2.24, 2.45) is 11.8 Å². The largest absolute Gasteiger partial charge is 0.490 e. The molecule has 1 atom stereocenters. The van der Waals surface area contributed by atoms with E-state index in [1.807, 2.05) is 0 Å². The standard InChI is InChI=1S/C22H30N2O2/c1-2-21-20(8-12-24(21)15-17-4-5-17)22(3-1)26-19-6-10-23(11-7-19)14-18-9-13-25-16-18/h1-3,8,12,17-19H,4-7,9-11,13-16H2. The number of fused-ring (bicyclic) bond motifs is 1. The highest BCUT2D eigenvalue weighted by atomic mass is 16.5. The Morgan fingerprint density at radius 2 is 1.85 bits per heavy atom. The third-order valence-electron chi connectivity index (χ3n) is 6.29. The van der Waals surface area contributed by atoms with Gasteiger partial charge in [0.2, 0.25) is 0 Å². The van der Waals surface area contributed by atoms with E-state index in [0.29, 0.717) is 6.10 Å². The summed E-state index contributed by atoms with van der Waals surface area (Å²) < 4.78 is 14.4. The van der Waals surface area contributed by atoms with Crippen molar-refractivity contribution >= 4 is 10.9 Å². The second kappa shape index (κ2) is 7.24. The van der Waals surface area contributed by atoms with E-state index in [1.165, 1.54) is 36.7 Å². The number of benzene rings is 1. The lowest BCUT2D eigenvalue weighted by molar-refractivity contribution is 0.0890. The first kappa shape index (κ1) is 16.6. The second-order valence-electron chi connectivity index (χ2n) is 8.45. The fourth-order valence-electron chi connectivity index (χ4n) is 4.52. The maximum absolute atomic E-state index is 6.46. The van der Waals surface area contributed by atoms with Crippen LogP contribution >= 0.6 is 0 Å². The predicted octanol–water partition coefficient (Wildman–Crippen LogP) is 3.93. The number of piperidine rings is 1. The fraction of sp³-hybridized carbons (Fsp3) is 0.636. The Kier molecular flexibility index (Phi) is 4.63. The quantitative estimate of drug-likeness (QED) is 0.786. The molecule has 0 spiro atoms. The van der Waals surface area contributed by atoms with Crippen LogP contribution < -0.4 is 4.74 Å². The first-order valence-electron chi connectivity index (χ1n) is 10.4. The van der Waals surface area contributed by atoms with Crippen LogP contribution in [0, 0.1) is 11.8 Å². The first-order valence-corrected chi connectivity index (χ1v) is 10.4. The lowest BCUT2D eigenvalue weighted by Gasteiger charge is -2.33. The van der Waals surface area contributed by atoms with Crippen LogP contribution in [0.5, 0.6) is 5.75 Å². The van der Waals surface area contributed by atoms with Gasteiger partial charge in [-0.1, -0.05) is 6.07 Å². The van der Waals surface area contributed by atoms with Crippen LogP contribution in [0.2, 0.25) is 0 Å². The molecule has 1 unspecified atom stereocenters. The van der Waals surface area contributed by atoms with Gasteiger partial charge in [-0.2, -0.15) is 0 Å². The molecule has 1 aromatic heterocycles. The number of rotatable bonds is 6. The average molecular weight is 354 g/mol. The van der Waals surface area contributed by atoms with Gasteiger partial charge in [0.25, 0.3) is 0 Å². The molecule has 1 aromatic carbocycles. The van der Waals surface area contributed by atoms with Gasteiger partial charge in [0.05, 0.1) is 12.1 Å². The predicted molar refractivity (Wildman–Crippen MR) is 104 cm³/mol. The Morgan fingerprint density at radius 1 is 0.962 bits per heavy atom. The summed E-state index contributed by atoms with van der Waals surface area (Å²) in [6.45, 7) is 6.58. The average Bonchev–Trinajstić information content (AvgIpc) is 3.15. The van der Waals surface area contributed by atoms with Crippen molar-refractivity contribution in [1.82, 2.24) is 9.47 Å². The van der Waals surface area contributed by atoms with Crippen molar-refractivity contribution in [2.75, 3.05) is 32.8 Å². The lowest BCUT2D eigenvalue weighted by atomic mass is 10.0. The van der Waals surface area contributed by atoms with Crippen molar-refractivity contribution in [3.8, 4) is 5.75 Å². The van der Waals surface area contributed by atoms with Crippen molar-refractivity contribution in [1.29, 1.82) is 0 Å². The van der Waals surface area contributed by atoms with E-state index in [9.17, 15) is 0 Å². The molecular formula is C22H30N2O2. The smallest absolute Gasteiger partial charge is 0.129 e. The molecule has 4 nitrogen and oxygen atoms in total. The molecule has 4 heteroatoms. The molecule has 0 bridgehead atoms. The number of nitrogens with zero attached hydrogens (tertiary/aromatic N) is 2. The summed E-state index contributed by atoms with van der Waals surface area (Å²) in [6.07, 6.45) is 8.87. The molecule has 140 valence electrons. The number of ether oxygens (including phenoxy) is 2. The summed E-state index contributed by atoms with van der Waals surface area (Å²) in [7, 11) is 0. The van der Waals surface area contributed by atoms with Gasteiger partial charge >= 0.3 is 0 Å². The summed E-state index contributed by atoms with van der Waals surface area (Å²) in [5, 5.41) is 1.28. The maximum atomic E-state index is 6.46. The van der Waals surface area contributed by atoms with Gasteiger partial charge in [-0.15, -0.1) is 0 Å². The fourth-order valence-corrected chi connectivity index (χ4v) is 4.52. The van der Waals surface area contributed by atoms with Gasteiger partial charge in [0.15, 0.2) is 0 Å². The Morgan fingerprint density at radius 3 is 2.62 bits per heavy atom. The highest BCUT2D eigenvalue weighted by molar-refractivity contribution is 5.86. The molecule has 1 aliphatic carbocycles. The molecule has 0 radical (unpaired) electrons. The summed E-state index contributed by atoms with van der Waals surface area (Å²) in [4.78, 5) is 2.60. The van der Waals surface area contributed by atoms with Crippen LogP contribution in [0.1, 0.15) is 32.1 Å². The second-order valence-corrected chi connectivity index (χ2v) is 8.45. The van der Waals surface area contributed by atoms with E-state index in [0.717, 1.165) is 63.3 Å².